The van der Waals surface area contributed by atoms with E-state index in [2.05, 4.69) is 53.2 Å². The zero-order chi connectivity index (χ0) is 14.7. The Balaban J connectivity index is 1.73. The average molecular weight is 345 g/mol. The zero-order valence-electron chi connectivity index (χ0n) is 12.4. The molecule has 0 aromatic heterocycles. The summed E-state index contributed by atoms with van der Waals surface area (Å²) in [6, 6.07) is 16.9. The lowest BCUT2D eigenvalue weighted by Crippen LogP contribution is -2.16. The highest BCUT2D eigenvalue weighted by Crippen LogP contribution is 2.42. The third kappa shape index (κ3) is 3.32. The summed E-state index contributed by atoms with van der Waals surface area (Å²) < 4.78 is 6.99. The molecule has 0 spiro atoms. The maximum absolute atomic E-state index is 5.93. The lowest BCUT2D eigenvalue weighted by molar-refractivity contribution is 0.304. The largest absolute Gasteiger partial charge is 0.488 e. The highest BCUT2D eigenvalue weighted by Gasteiger charge is 2.30. The van der Waals surface area contributed by atoms with Crippen molar-refractivity contribution < 1.29 is 4.74 Å². The van der Waals surface area contributed by atoms with E-state index >= 15 is 0 Å². The van der Waals surface area contributed by atoms with Crippen molar-refractivity contribution in [2.75, 3.05) is 0 Å². The van der Waals surface area contributed by atoms with Gasteiger partial charge in [-0.25, -0.2) is 0 Å². The van der Waals surface area contributed by atoms with Crippen LogP contribution in [0.1, 0.15) is 43.7 Å². The van der Waals surface area contributed by atoms with E-state index in [1.807, 2.05) is 18.2 Å². The van der Waals surface area contributed by atoms with E-state index in [4.69, 9.17) is 4.74 Å². The summed E-state index contributed by atoms with van der Waals surface area (Å²) >= 11 is 3.67. The molecular weight excluding hydrogens is 324 g/mol. The fraction of sp³-hybridized carbons (Fsp3) is 0.368. The molecule has 3 rings (SSSR count). The Kier molecular flexibility index (Phi) is 4.34. The highest BCUT2D eigenvalue weighted by atomic mass is 79.9. The lowest BCUT2D eigenvalue weighted by atomic mass is 9.81. The Bertz CT molecular complexity index is 600. The molecule has 0 atom stereocenters. The van der Waals surface area contributed by atoms with E-state index in [1.54, 1.807) is 0 Å². The van der Waals surface area contributed by atoms with Crippen molar-refractivity contribution in [1.82, 2.24) is 0 Å². The van der Waals surface area contributed by atoms with Crippen LogP contribution in [0.25, 0.3) is 0 Å². The van der Waals surface area contributed by atoms with E-state index in [0.717, 1.165) is 10.2 Å². The molecule has 0 amide bonds. The van der Waals surface area contributed by atoms with Crippen molar-refractivity contribution in [2.24, 2.45) is 0 Å². The van der Waals surface area contributed by atoms with Crippen molar-refractivity contribution in [1.29, 1.82) is 0 Å². The average Bonchev–Trinajstić information content (AvgIpc) is 2.95. The number of hydrogen-bond donors (Lipinski definition) is 0. The summed E-state index contributed by atoms with van der Waals surface area (Å²) in [7, 11) is 0. The van der Waals surface area contributed by atoms with Crippen LogP contribution in [0.3, 0.4) is 0 Å². The molecule has 0 saturated heterocycles. The van der Waals surface area contributed by atoms with Gasteiger partial charge in [-0.15, -0.1) is 0 Å². The number of benzene rings is 2. The molecule has 2 aromatic rings. The van der Waals surface area contributed by atoms with Gasteiger partial charge >= 0.3 is 0 Å². The van der Waals surface area contributed by atoms with Gasteiger partial charge in [-0.1, -0.05) is 56.2 Å². The van der Waals surface area contributed by atoms with Crippen LogP contribution in [-0.4, -0.2) is 0 Å². The van der Waals surface area contributed by atoms with E-state index < -0.39 is 0 Å². The first-order valence-electron chi connectivity index (χ1n) is 7.64. The molecule has 1 fully saturated rings. The molecule has 21 heavy (non-hydrogen) atoms. The van der Waals surface area contributed by atoms with Crippen LogP contribution in [0.5, 0.6) is 5.75 Å². The first-order chi connectivity index (χ1) is 10.2. The van der Waals surface area contributed by atoms with Crippen LogP contribution in [0, 0.1) is 0 Å². The summed E-state index contributed by atoms with van der Waals surface area (Å²) in [6.07, 6.45) is 5.29. The minimum atomic E-state index is 0.348. The normalized spacial score (nSPS) is 16.9. The van der Waals surface area contributed by atoms with Gasteiger partial charge in [-0.05, 0) is 57.4 Å². The maximum atomic E-state index is 5.93. The van der Waals surface area contributed by atoms with Crippen LogP contribution >= 0.6 is 15.9 Å². The Labute approximate surface area is 135 Å². The molecule has 1 aliphatic rings. The van der Waals surface area contributed by atoms with Crippen LogP contribution < -0.4 is 4.74 Å². The molecule has 2 heteroatoms. The van der Waals surface area contributed by atoms with Gasteiger partial charge in [0.1, 0.15) is 12.4 Å². The highest BCUT2D eigenvalue weighted by molar-refractivity contribution is 9.10. The van der Waals surface area contributed by atoms with Gasteiger partial charge in [0.05, 0.1) is 4.47 Å². The van der Waals surface area contributed by atoms with Gasteiger partial charge in [0, 0.05) is 0 Å². The Hall–Kier alpha value is -1.28. The van der Waals surface area contributed by atoms with Crippen molar-refractivity contribution in [3.63, 3.8) is 0 Å². The molecule has 110 valence electrons. The van der Waals surface area contributed by atoms with Crippen molar-refractivity contribution in [3.05, 3.63) is 64.1 Å². The molecule has 1 saturated carbocycles. The third-order valence-electron chi connectivity index (χ3n) is 4.57. The van der Waals surface area contributed by atoms with Crippen LogP contribution in [0.15, 0.2) is 53.0 Å². The van der Waals surface area contributed by atoms with Gasteiger partial charge < -0.3 is 4.74 Å². The molecule has 2 aromatic carbocycles. The first-order valence-corrected chi connectivity index (χ1v) is 8.43. The second-order valence-electron chi connectivity index (χ2n) is 6.19. The van der Waals surface area contributed by atoms with E-state index in [0.29, 0.717) is 12.0 Å². The summed E-state index contributed by atoms with van der Waals surface area (Å²) in [5, 5.41) is 0. The molecule has 1 aliphatic carbocycles. The fourth-order valence-electron chi connectivity index (χ4n) is 3.17. The fourth-order valence-corrected chi connectivity index (χ4v) is 3.67. The Morgan fingerprint density at radius 2 is 1.76 bits per heavy atom. The van der Waals surface area contributed by atoms with Gasteiger partial charge in [0.15, 0.2) is 0 Å². The van der Waals surface area contributed by atoms with Crippen LogP contribution in [-0.2, 0) is 12.0 Å². The maximum Gasteiger partial charge on any atom is 0.134 e. The van der Waals surface area contributed by atoms with Crippen molar-refractivity contribution >= 4 is 15.9 Å². The van der Waals surface area contributed by atoms with Crippen molar-refractivity contribution in [3.8, 4) is 5.75 Å². The Morgan fingerprint density at radius 1 is 1.05 bits per heavy atom. The summed E-state index contributed by atoms with van der Waals surface area (Å²) in [5.41, 5.74) is 2.97. The van der Waals surface area contributed by atoms with Crippen LogP contribution in [0.2, 0.25) is 0 Å². The molecule has 0 aliphatic heterocycles. The van der Waals surface area contributed by atoms with Crippen LogP contribution in [0.4, 0.5) is 0 Å². The SMILES string of the molecule is CC1(c2ccc(OCc3ccccc3)c(Br)c2)CCCC1. The third-order valence-corrected chi connectivity index (χ3v) is 5.19. The zero-order valence-corrected chi connectivity index (χ0v) is 14.0. The van der Waals surface area contributed by atoms with E-state index in [1.165, 1.54) is 36.8 Å². The van der Waals surface area contributed by atoms with Crippen molar-refractivity contribution in [2.45, 2.75) is 44.6 Å². The standard InChI is InChI=1S/C19H21BrO/c1-19(11-5-6-12-19)16-9-10-18(17(20)13-16)21-14-15-7-3-2-4-8-15/h2-4,7-10,13H,5-6,11-12,14H2,1H3. The van der Waals surface area contributed by atoms with Gasteiger partial charge in [0.2, 0.25) is 0 Å². The van der Waals surface area contributed by atoms with Gasteiger partial charge in [-0.3, -0.25) is 0 Å². The minimum Gasteiger partial charge on any atom is -0.488 e. The molecule has 0 unspecified atom stereocenters. The second kappa shape index (κ2) is 6.23. The number of halogens is 1. The topological polar surface area (TPSA) is 9.23 Å². The number of hydrogen-bond acceptors (Lipinski definition) is 1. The predicted molar refractivity (Wildman–Crippen MR) is 90.7 cm³/mol. The quantitative estimate of drug-likeness (QED) is 0.674. The molecule has 0 radical (unpaired) electrons. The minimum absolute atomic E-state index is 0.348. The molecular formula is C19H21BrO. The Morgan fingerprint density at radius 3 is 2.43 bits per heavy atom. The lowest BCUT2D eigenvalue weighted by Gasteiger charge is -2.25. The van der Waals surface area contributed by atoms with E-state index in [-0.39, 0.29) is 0 Å². The first kappa shape index (κ1) is 14.6. The number of ether oxygens (including phenoxy) is 1. The summed E-state index contributed by atoms with van der Waals surface area (Å²) in [6.45, 7) is 2.99. The second-order valence-corrected chi connectivity index (χ2v) is 7.04. The van der Waals surface area contributed by atoms with Gasteiger partial charge in [0.25, 0.3) is 0 Å². The molecule has 0 N–H and O–H groups in total. The number of rotatable bonds is 4. The smallest absolute Gasteiger partial charge is 0.134 e. The molecule has 0 bridgehead atoms. The monoisotopic (exact) mass is 344 g/mol. The molecule has 1 nitrogen and oxygen atoms in total. The van der Waals surface area contributed by atoms with Gasteiger partial charge in [-0.2, -0.15) is 0 Å². The summed E-state index contributed by atoms with van der Waals surface area (Å²) in [5.74, 6) is 0.921. The summed E-state index contributed by atoms with van der Waals surface area (Å²) in [4.78, 5) is 0. The molecule has 0 heterocycles. The predicted octanol–water partition coefficient (Wildman–Crippen LogP) is 5.86. The van der Waals surface area contributed by atoms with E-state index in [9.17, 15) is 0 Å².